The van der Waals surface area contributed by atoms with E-state index in [1.807, 2.05) is 0 Å². The highest BCUT2D eigenvalue weighted by Gasteiger charge is 2.39. The molecule has 1 aliphatic heterocycles. The van der Waals surface area contributed by atoms with Crippen LogP contribution in [0.25, 0.3) is 0 Å². The number of anilines is 1. The third kappa shape index (κ3) is 4.30. The van der Waals surface area contributed by atoms with Gasteiger partial charge < -0.3 is 9.64 Å². The topological polar surface area (TPSA) is 63.3 Å². The molecule has 24 heavy (non-hydrogen) atoms. The predicted octanol–water partition coefficient (Wildman–Crippen LogP) is 2.52. The molecule has 2 amide bonds. The summed E-state index contributed by atoms with van der Waals surface area (Å²) in [7, 11) is 2.62. The zero-order valence-electron chi connectivity index (χ0n) is 13.0. The number of carbonyl (C=O) groups excluding carboxylic acids is 1. The average Bonchev–Trinajstić information content (AvgIpc) is 3.03. The van der Waals surface area contributed by atoms with Crippen LogP contribution < -0.4 is 10.4 Å². The van der Waals surface area contributed by atoms with Gasteiger partial charge in [0.15, 0.2) is 6.73 Å². The summed E-state index contributed by atoms with van der Waals surface area (Å²) in [6.07, 6.45) is -3.61. The number of urea groups is 1. The summed E-state index contributed by atoms with van der Waals surface area (Å²) >= 11 is 0. The highest BCUT2D eigenvalue weighted by Crippen LogP contribution is 2.32. The van der Waals surface area contributed by atoms with Crippen molar-refractivity contribution in [1.82, 2.24) is 10.5 Å². The van der Waals surface area contributed by atoms with Crippen LogP contribution in [0.15, 0.2) is 36.2 Å². The smallest absolute Gasteiger partial charge is 0.450 e. The summed E-state index contributed by atoms with van der Waals surface area (Å²) in [6, 6.07) is 5.99. The standard InChI is InChI=1S/C14H16F3N3O4/c1-22-18-13(21)20(23-2)7-10-3-5-11(6-4-10)19-8-12(24-9-19)14(15,16)17/h3-6,8H,7,9H2,1-2H3,(H,18,21). The lowest BCUT2D eigenvalue weighted by molar-refractivity contribution is -0.126. The van der Waals surface area contributed by atoms with E-state index in [4.69, 9.17) is 4.84 Å². The largest absolute Gasteiger partial charge is 0.466 e. The number of rotatable bonds is 5. The van der Waals surface area contributed by atoms with E-state index in [1.54, 1.807) is 24.3 Å². The molecule has 1 N–H and O–H groups in total. The second-order valence-corrected chi connectivity index (χ2v) is 4.73. The molecule has 0 radical (unpaired) electrons. The van der Waals surface area contributed by atoms with Gasteiger partial charge in [-0.3, -0.25) is 9.68 Å². The summed E-state index contributed by atoms with van der Waals surface area (Å²) in [6.45, 7) is -0.0826. The van der Waals surface area contributed by atoms with Crippen LogP contribution in [-0.2, 0) is 21.0 Å². The fourth-order valence-electron chi connectivity index (χ4n) is 1.98. The lowest BCUT2D eigenvalue weighted by Crippen LogP contribution is -2.38. The normalized spacial score (nSPS) is 14.2. The van der Waals surface area contributed by atoms with Crippen LogP contribution in [0.1, 0.15) is 5.56 Å². The first kappa shape index (κ1) is 17.9. The number of benzene rings is 1. The first-order chi connectivity index (χ1) is 11.3. The Labute approximate surface area is 136 Å². The minimum Gasteiger partial charge on any atom is -0.466 e. The molecule has 2 rings (SSSR count). The Kier molecular flexibility index (Phi) is 5.52. The number of amides is 2. The van der Waals surface area contributed by atoms with E-state index in [0.717, 1.165) is 11.3 Å². The summed E-state index contributed by atoms with van der Waals surface area (Å²) in [5.74, 6) is -1.03. The first-order valence-corrected chi connectivity index (χ1v) is 6.77. The molecule has 0 saturated heterocycles. The second kappa shape index (κ2) is 7.41. The van der Waals surface area contributed by atoms with Crippen molar-refractivity contribution in [2.75, 3.05) is 25.9 Å². The van der Waals surface area contributed by atoms with E-state index in [-0.39, 0.29) is 13.3 Å². The molecule has 1 aromatic rings. The zero-order valence-corrected chi connectivity index (χ0v) is 13.0. The Balaban J connectivity index is 2.03. The van der Waals surface area contributed by atoms with Crippen molar-refractivity contribution in [2.45, 2.75) is 12.7 Å². The van der Waals surface area contributed by atoms with Crippen LogP contribution in [-0.4, -0.2) is 38.2 Å². The minimum atomic E-state index is -4.51. The summed E-state index contributed by atoms with van der Waals surface area (Å²) in [4.78, 5) is 22.4. The van der Waals surface area contributed by atoms with Gasteiger partial charge >= 0.3 is 12.2 Å². The Hall–Kier alpha value is -2.46. The van der Waals surface area contributed by atoms with E-state index in [9.17, 15) is 18.0 Å². The van der Waals surface area contributed by atoms with Gasteiger partial charge in [-0.25, -0.2) is 10.3 Å². The molecule has 1 aliphatic rings. The monoisotopic (exact) mass is 347 g/mol. The number of hydrogen-bond acceptors (Lipinski definition) is 5. The van der Waals surface area contributed by atoms with Crippen LogP contribution in [0, 0.1) is 0 Å². The average molecular weight is 347 g/mol. The number of halogens is 3. The number of nitrogens with zero attached hydrogens (tertiary/aromatic N) is 2. The maximum absolute atomic E-state index is 12.5. The number of hydrogen-bond donors (Lipinski definition) is 1. The number of alkyl halides is 3. The molecule has 0 atom stereocenters. The lowest BCUT2D eigenvalue weighted by Gasteiger charge is -2.20. The highest BCUT2D eigenvalue weighted by atomic mass is 19.4. The molecule has 1 aromatic carbocycles. The third-order valence-electron chi connectivity index (χ3n) is 3.14. The van der Waals surface area contributed by atoms with Crippen molar-refractivity contribution < 1.29 is 32.4 Å². The minimum absolute atomic E-state index is 0.131. The maximum atomic E-state index is 12.5. The highest BCUT2D eigenvalue weighted by molar-refractivity contribution is 5.71. The van der Waals surface area contributed by atoms with Crippen LogP contribution in [0.5, 0.6) is 0 Å². The number of allylic oxidation sites excluding steroid dienone is 1. The third-order valence-corrected chi connectivity index (χ3v) is 3.14. The summed E-state index contributed by atoms with van der Waals surface area (Å²) < 4.78 is 42.3. The van der Waals surface area contributed by atoms with Gasteiger partial charge in [0.1, 0.15) is 0 Å². The SMILES string of the molecule is CONC(=O)N(Cc1ccc(N2C=C(C(F)(F)F)OC2)cc1)OC. The van der Waals surface area contributed by atoms with Gasteiger partial charge in [-0.1, -0.05) is 12.1 Å². The molecular formula is C14H16F3N3O4. The fraction of sp³-hybridized carbons (Fsp3) is 0.357. The summed E-state index contributed by atoms with van der Waals surface area (Å²) in [5.41, 5.74) is 3.36. The van der Waals surface area contributed by atoms with E-state index in [0.29, 0.717) is 11.3 Å². The van der Waals surface area contributed by atoms with E-state index in [1.165, 1.54) is 19.1 Å². The molecule has 1 heterocycles. The van der Waals surface area contributed by atoms with Crippen LogP contribution in [0.4, 0.5) is 23.7 Å². The molecule has 0 spiro atoms. The van der Waals surface area contributed by atoms with Gasteiger partial charge in [0.05, 0.1) is 27.0 Å². The van der Waals surface area contributed by atoms with Gasteiger partial charge in [-0.15, -0.1) is 0 Å². The first-order valence-electron chi connectivity index (χ1n) is 6.77. The van der Waals surface area contributed by atoms with Crippen molar-refractivity contribution >= 4 is 11.7 Å². The van der Waals surface area contributed by atoms with Crippen LogP contribution in [0.3, 0.4) is 0 Å². The molecule has 0 fully saturated rings. The number of nitrogens with one attached hydrogen (secondary N) is 1. The molecule has 0 saturated carbocycles. The van der Waals surface area contributed by atoms with Crippen molar-refractivity contribution in [3.8, 4) is 0 Å². The number of hydroxylamine groups is 3. The van der Waals surface area contributed by atoms with Gasteiger partial charge in [0.25, 0.3) is 0 Å². The van der Waals surface area contributed by atoms with Crippen LogP contribution in [0.2, 0.25) is 0 Å². The van der Waals surface area contributed by atoms with Crippen molar-refractivity contribution in [3.63, 3.8) is 0 Å². The Bertz CT molecular complexity index is 604. The van der Waals surface area contributed by atoms with Gasteiger partial charge in [0, 0.05) is 5.69 Å². The fourth-order valence-corrected chi connectivity index (χ4v) is 1.98. The quantitative estimate of drug-likeness (QED) is 0.830. The van der Waals surface area contributed by atoms with E-state index < -0.39 is 18.0 Å². The van der Waals surface area contributed by atoms with Gasteiger partial charge in [-0.05, 0) is 17.7 Å². The summed E-state index contributed by atoms with van der Waals surface area (Å²) in [5, 5.41) is 1.03. The van der Waals surface area contributed by atoms with Gasteiger partial charge in [-0.2, -0.15) is 18.2 Å². The maximum Gasteiger partial charge on any atom is 0.450 e. The Morgan fingerprint density at radius 3 is 2.50 bits per heavy atom. The molecule has 0 bridgehead atoms. The molecule has 7 nitrogen and oxygen atoms in total. The van der Waals surface area contributed by atoms with E-state index in [2.05, 4.69) is 15.1 Å². The number of carbonyl (C=O) groups is 1. The second-order valence-electron chi connectivity index (χ2n) is 4.73. The molecule has 132 valence electrons. The van der Waals surface area contributed by atoms with Crippen molar-refractivity contribution in [3.05, 3.63) is 41.8 Å². The van der Waals surface area contributed by atoms with Gasteiger partial charge in [0.2, 0.25) is 5.76 Å². The van der Waals surface area contributed by atoms with Crippen molar-refractivity contribution in [1.29, 1.82) is 0 Å². The van der Waals surface area contributed by atoms with E-state index >= 15 is 0 Å². The molecular weight excluding hydrogens is 331 g/mol. The van der Waals surface area contributed by atoms with Crippen molar-refractivity contribution in [2.24, 2.45) is 0 Å². The zero-order chi connectivity index (χ0) is 17.7. The molecule has 0 aliphatic carbocycles. The lowest BCUT2D eigenvalue weighted by atomic mass is 10.2. The number of ether oxygens (including phenoxy) is 1. The molecule has 10 heteroatoms. The Morgan fingerprint density at radius 1 is 1.33 bits per heavy atom. The Morgan fingerprint density at radius 2 is 2.00 bits per heavy atom. The molecule has 0 unspecified atom stereocenters. The molecule has 0 aromatic heterocycles. The predicted molar refractivity (Wildman–Crippen MR) is 77.1 cm³/mol. The van der Waals surface area contributed by atoms with Crippen LogP contribution >= 0.6 is 0 Å².